The Morgan fingerprint density at radius 2 is 1.86 bits per heavy atom. The lowest BCUT2D eigenvalue weighted by molar-refractivity contribution is -0.384. The van der Waals surface area contributed by atoms with E-state index in [0.717, 1.165) is 0 Å². The van der Waals surface area contributed by atoms with Crippen LogP contribution in [0.1, 0.15) is 10.4 Å². The van der Waals surface area contributed by atoms with Gasteiger partial charge in [0, 0.05) is 22.7 Å². The summed E-state index contributed by atoms with van der Waals surface area (Å²) in [4.78, 5) is 22.0. The maximum atomic E-state index is 11.8. The second-order valence-corrected chi connectivity index (χ2v) is 6.77. The van der Waals surface area contributed by atoms with Crippen molar-refractivity contribution in [2.24, 2.45) is 0 Å². The molecule has 0 fully saturated rings. The van der Waals surface area contributed by atoms with Gasteiger partial charge in [0.25, 0.3) is 10.9 Å². The van der Waals surface area contributed by atoms with E-state index in [1.807, 2.05) is 0 Å². The topological polar surface area (TPSA) is 108 Å². The number of aromatic nitrogens is 2. The van der Waals surface area contributed by atoms with Gasteiger partial charge in [-0.15, -0.1) is 10.2 Å². The number of esters is 1. The molecular formula is C19H12ClN3O5S. The molecule has 0 saturated carbocycles. The lowest BCUT2D eigenvalue weighted by Gasteiger charge is -2.00. The molecular weight excluding hydrogens is 418 g/mol. The van der Waals surface area contributed by atoms with Crippen LogP contribution in [-0.2, 0) is 4.74 Å². The zero-order chi connectivity index (χ0) is 20.6. The van der Waals surface area contributed by atoms with Gasteiger partial charge in [0.1, 0.15) is 0 Å². The van der Waals surface area contributed by atoms with E-state index in [1.54, 1.807) is 24.3 Å². The van der Waals surface area contributed by atoms with Gasteiger partial charge in [-0.05, 0) is 36.4 Å². The minimum atomic E-state index is -0.482. The number of ether oxygens (including phenoxy) is 1. The molecule has 0 spiro atoms. The van der Waals surface area contributed by atoms with E-state index in [1.165, 1.54) is 36.0 Å². The Morgan fingerprint density at radius 3 is 2.55 bits per heavy atom. The molecule has 0 saturated heterocycles. The molecule has 0 aliphatic carbocycles. The summed E-state index contributed by atoms with van der Waals surface area (Å²) in [5.74, 6) is 5.70. The molecule has 0 aliphatic heterocycles. The number of benzene rings is 2. The number of non-ortho nitro benzene ring substituents is 1. The van der Waals surface area contributed by atoms with Gasteiger partial charge in [-0.2, -0.15) is 0 Å². The van der Waals surface area contributed by atoms with Gasteiger partial charge in [-0.1, -0.05) is 35.2 Å². The van der Waals surface area contributed by atoms with Crippen LogP contribution in [0.25, 0.3) is 11.5 Å². The first-order valence-electron chi connectivity index (χ1n) is 8.12. The number of hydrogen-bond donors (Lipinski definition) is 0. The van der Waals surface area contributed by atoms with E-state index in [-0.39, 0.29) is 18.2 Å². The molecule has 0 N–H and O–H groups in total. The molecule has 0 bridgehead atoms. The summed E-state index contributed by atoms with van der Waals surface area (Å²) in [5, 5.41) is 19.3. The van der Waals surface area contributed by atoms with Gasteiger partial charge >= 0.3 is 5.97 Å². The minimum absolute atomic E-state index is 0.0186. The predicted molar refractivity (Wildman–Crippen MR) is 107 cm³/mol. The average molecular weight is 430 g/mol. The molecule has 0 radical (unpaired) electrons. The molecule has 0 atom stereocenters. The number of carbonyl (C=O) groups excluding carboxylic acids is 1. The Hall–Kier alpha value is -3.35. The maximum Gasteiger partial charge on any atom is 0.339 e. The van der Waals surface area contributed by atoms with Gasteiger partial charge in [0.2, 0.25) is 5.89 Å². The van der Waals surface area contributed by atoms with Crippen molar-refractivity contribution >= 4 is 35.0 Å². The first-order valence-corrected chi connectivity index (χ1v) is 9.49. The van der Waals surface area contributed by atoms with Crippen molar-refractivity contribution in [1.29, 1.82) is 0 Å². The summed E-state index contributed by atoms with van der Waals surface area (Å²) in [6, 6.07) is 12.2. The average Bonchev–Trinajstić information content (AvgIpc) is 3.20. The SMILES string of the molecule is O=C(OCC#CCSc1nnc(-c2ccc([N+](=O)[O-])cc2)o1)c1ccc(Cl)cc1. The number of halogens is 1. The molecule has 1 heterocycles. The third kappa shape index (κ3) is 5.81. The number of nitrogens with zero attached hydrogens (tertiary/aromatic N) is 3. The predicted octanol–water partition coefficient (Wildman–Crippen LogP) is 4.25. The van der Waals surface area contributed by atoms with Crippen LogP contribution in [0.5, 0.6) is 0 Å². The molecule has 0 aliphatic rings. The smallest absolute Gasteiger partial charge is 0.339 e. The number of rotatable bonds is 6. The molecule has 8 nitrogen and oxygen atoms in total. The van der Waals surface area contributed by atoms with Gasteiger partial charge in [0.05, 0.1) is 16.2 Å². The fourth-order valence-corrected chi connectivity index (χ4v) is 2.74. The summed E-state index contributed by atoms with van der Waals surface area (Å²) in [6.45, 7) is -0.0418. The van der Waals surface area contributed by atoms with E-state index >= 15 is 0 Å². The van der Waals surface area contributed by atoms with Crippen molar-refractivity contribution in [3.63, 3.8) is 0 Å². The van der Waals surface area contributed by atoms with Crippen LogP contribution >= 0.6 is 23.4 Å². The lowest BCUT2D eigenvalue weighted by atomic mass is 10.2. The third-order valence-corrected chi connectivity index (χ3v) is 4.43. The number of nitro groups is 1. The van der Waals surface area contributed by atoms with E-state index in [2.05, 4.69) is 22.0 Å². The summed E-state index contributed by atoms with van der Waals surface area (Å²) in [5.41, 5.74) is 0.959. The molecule has 2 aromatic carbocycles. The largest absolute Gasteiger partial charge is 0.449 e. The van der Waals surface area contributed by atoms with Crippen LogP contribution in [0.15, 0.2) is 58.2 Å². The monoisotopic (exact) mass is 429 g/mol. The molecule has 0 amide bonds. The van der Waals surface area contributed by atoms with Crippen LogP contribution in [0.4, 0.5) is 5.69 Å². The van der Waals surface area contributed by atoms with E-state index < -0.39 is 10.9 Å². The molecule has 146 valence electrons. The Morgan fingerprint density at radius 1 is 1.14 bits per heavy atom. The first-order chi connectivity index (χ1) is 14.0. The zero-order valence-corrected chi connectivity index (χ0v) is 16.3. The second-order valence-electron chi connectivity index (χ2n) is 5.40. The number of carbonyl (C=O) groups is 1. The van der Waals surface area contributed by atoms with Gasteiger partial charge in [-0.3, -0.25) is 10.1 Å². The van der Waals surface area contributed by atoms with Crippen LogP contribution in [0.3, 0.4) is 0 Å². The number of hydrogen-bond acceptors (Lipinski definition) is 8. The Balaban J connectivity index is 1.45. The fourth-order valence-electron chi connectivity index (χ4n) is 2.08. The van der Waals surface area contributed by atoms with Crippen molar-refractivity contribution in [1.82, 2.24) is 10.2 Å². The maximum absolute atomic E-state index is 11.8. The Labute approximate surface area is 174 Å². The normalized spacial score (nSPS) is 10.1. The summed E-state index contributed by atoms with van der Waals surface area (Å²) < 4.78 is 10.5. The summed E-state index contributed by atoms with van der Waals surface area (Å²) in [7, 11) is 0. The highest BCUT2D eigenvalue weighted by atomic mass is 35.5. The molecule has 29 heavy (non-hydrogen) atoms. The van der Waals surface area contributed by atoms with Crippen LogP contribution in [-0.4, -0.2) is 33.4 Å². The lowest BCUT2D eigenvalue weighted by Crippen LogP contribution is -2.04. The third-order valence-electron chi connectivity index (χ3n) is 3.48. The van der Waals surface area contributed by atoms with E-state index in [4.69, 9.17) is 20.8 Å². The second kappa shape index (κ2) is 9.73. The van der Waals surface area contributed by atoms with Crippen molar-refractivity contribution in [2.75, 3.05) is 12.4 Å². The van der Waals surface area contributed by atoms with Crippen molar-refractivity contribution < 1.29 is 18.9 Å². The summed E-state index contributed by atoms with van der Waals surface area (Å²) in [6.07, 6.45) is 0. The van der Waals surface area contributed by atoms with Crippen LogP contribution in [0, 0.1) is 22.0 Å². The van der Waals surface area contributed by atoms with E-state index in [9.17, 15) is 14.9 Å². The Bertz CT molecular complexity index is 1070. The Kier molecular flexibility index (Phi) is 6.84. The first kappa shape index (κ1) is 20.4. The molecule has 10 heteroatoms. The van der Waals surface area contributed by atoms with Crippen molar-refractivity contribution in [3.8, 4) is 23.3 Å². The van der Waals surface area contributed by atoms with E-state index in [0.29, 0.717) is 27.1 Å². The van der Waals surface area contributed by atoms with Crippen LogP contribution in [0.2, 0.25) is 5.02 Å². The molecule has 3 aromatic rings. The van der Waals surface area contributed by atoms with Crippen molar-refractivity contribution in [3.05, 3.63) is 69.2 Å². The highest BCUT2D eigenvalue weighted by Crippen LogP contribution is 2.24. The highest BCUT2D eigenvalue weighted by molar-refractivity contribution is 7.99. The standard InChI is InChI=1S/C19H12ClN3O5S/c20-15-7-3-14(4-8-15)18(24)27-11-1-2-12-29-19-22-21-17(28-19)13-5-9-16(10-6-13)23(25)26/h3-10H,11-12H2. The fraction of sp³-hybridized carbons (Fsp3) is 0.105. The van der Waals surface area contributed by atoms with Crippen molar-refractivity contribution in [2.45, 2.75) is 5.22 Å². The number of nitro benzene ring substituents is 1. The number of thioether (sulfide) groups is 1. The summed E-state index contributed by atoms with van der Waals surface area (Å²) >= 11 is 6.99. The van der Waals surface area contributed by atoms with Gasteiger partial charge < -0.3 is 9.15 Å². The minimum Gasteiger partial charge on any atom is -0.449 e. The molecule has 0 unspecified atom stereocenters. The van der Waals surface area contributed by atoms with Crippen LogP contribution < -0.4 is 0 Å². The molecule has 3 rings (SSSR count). The quantitative estimate of drug-likeness (QED) is 0.188. The highest BCUT2D eigenvalue weighted by Gasteiger charge is 2.11. The van der Waals surface area contributed by atoms with Gasteiger partial charge in [-0.25, -0.2) is 4.79 Å². The zero-order valence-electron chi connectivity index (χ0n) is 14.7. The molecule has 1 aromatic heterocycles. The van der Waals surface area contributed by atoms with Gasteiger partial charge in [0.15, 0.2) is 6.61 Å².